The lowest BCUT2D eigenvalue weighted by Crippen LogP contribution is -1.87. The predicted molar refractivity (Wildman–Crippen MR) is 103 cm³/mol. The second-order valence-electron chi connectivity index (χ2n) is 5.08. The van der Waals surface area contributed by atoms with Gasteiger partial charge in [-0.1, -0.05) is 24.3 Å². The van der Waals surface area contributed by atoms with Crippen molar-refractivity contribution < 1.29 is 0 Å². The molecule has 4 nitrogen and oxygen atoms in total. The van der Waals surface area contributed by atoms with Crippen molar-refractivity contribution in [3.05, 3.63) is 80.6 Å². The van der Waals surface area contributed by atoms with E-state index in [1.807, 2.05) is 36.4 Å². The van der Waals surface area contributed by atoms with Crippen LogP contribution in [0.25, 0.3) is 0 Å². The highest BCUT2D eigenvalue weighted by molar-refractivity contribution is 8.21. The molecule has 0 atom stereocenters. The van der Waals surface area contributed by atoms with Crippen LogP contribution in [0.2, 0.25) is 0 Å². The van der Waals surface area contributed by atoms with Crippen LogP contribution in [0, 0.1) is 45.3 Å². The molecule has 0 heterocycles. The number of allylic oxidation sites excluding steroid dienone is 1. The summed E-state index contributed by atoms with van der Waals surface area (Å²) in [4.78, 5) is 0. The Hall–Kier alpha value is -3.16. The molecule has 0 amide bonds. The van der Waals surface area contributed by atoms with Crippen molar-refractivity contribution >= 4 is 23.5 Å². The van der Waals surface area contributed by atoms with Crippen molar-refractivity contribution in [3.8, 4) is 24.3 Å². The predicted octanol–water partition coefficient (Wildman–Crippen LogP) is 4.86. The summed E-state index contributed by atoms with van der Waals surface area (Å²) in [7, 11) is 0. The van der Waals surface area contributed by atoms with Gasteiger partial charge in [-0.05, 0) is 35.4 Å². The smallest absolute Gasteiger partial charge is 0.149 e. The fourth-order valence-corrected chi connectivity index (χ4v) is 4.09. The standard InChI is InChI=1S/C20H12N4S2/c21-9-15-1-5-17(6-2-15)13-25-20(19(11-23)12-24)26-14-18-7-3-16(10-22)4-8-18/h1-8H,13-14H2. The summed E-state index contributed by atoms with van der Waals surface area (Å²) in [6.07, 6.45) is 0. The van der Waals surface area contributed by atoms with Crippen LogP contribution in [0.15, 0.2) is 58.3 Å². The first-order valence-electron chi connectivity index (χ1n) is 7.48. The molecule has 26 heavy (non-hydrogen) atoms. The van der Waals surface area contributed by atoms with E-state index >= 15 is 0 Å². The lowest BCUT2D eigenvalue weighted by Gasteiger charge is -2.08. The summed E-state index contributed by atoms with van der Waals surface area (Å²) in [5.41, 5.74) is 3.32. The Labute approximate surface area is 161 Å². The zero-order valence-electron chi connectivity index (χ0n) is 13.6. The van der Waals surface area contributed by atoms with Crippen molar-refractivity contribution in [2.75, 3.05) is 0 Å². The van der Waals surface area contributed by atoms with Crippen molar-refractivity contribution in [1.82, 2.24) is 0 Å². The number of thioether (sulfide) groups is 2. The van der Waals surface area contributed by atoms with Gasteiger partial charge >= 0.3 is 0 Å². The Morgan fingerprint density at radius 1 is 0.654 bits per heavy atom. The Kier molecular flexibility index (Phi) is 7.35. The number of hydrogen-bond donors (Lipinski definition) is 0. The molecule has 0 spiro atoms. The van der Waals surface area contributed by atoms with Gasteiger partial charge in [0.15, 0.2) is 0 Å². The number of rotatable bonds is 6. The average molecular weight is 372 g/mol. The summed E-state index contributed by atoms with van der Waals surface area (Å²) in [6.45, 7) is 0. The molecule has 0 N–H and O–H groups in total. The minimum atomic E-state index is 0.0993. The van der Waals surface area contributed by atoms with Crippen LogP contribution in [0.5, 0.6) is 0 Å². The molecule has 0 aliphatic rings. The Morgan fingerprint density at radius 2 is 1.04 bits per heavy atom. The van der Waals surface area contributed by atoms with Gasteiger partial charge in [0.25, 0.3) is 0 Å². The SMILES string of the molecule is N#CC(C#N)=C(SCc1ccc(C#N)cc1)SCc1ccc(C#N)cc1. The van der Waals surface area contributed by atoms with Gasteiger partial charge in [-0.2, -0.15) is 21.0 Å². The number of benzene rings is 2. The zero-order valence-corrected chi connectivity index (χ0v) is 15.3. The molecule has 124 valence electrons. The molecule has 0 unspecified atom stereocenters. The highest BCUT2D eigenvalue weighted by Gasteiger charge is 2.10. The van der Waals surface area contributed by atoms with Gasteiger partial charge in [0.2, 0.25) is 0 Å². The fourth-order valence-electron chi connectivity index (χ4n) is 1.95. The Balaban J connectivity index is 2.07. The number of hydrogen-bond acceptors (Lipinski definition) is 6. The molecule has 0 saturated heterocycles. The van der Waals surface area contributed by atoms with Crippen LogP contribution in [0.1, 0.15) is 22.3 Å². The first kappa shape index (κ1) is 19.2. The van der Waals surface area contributed by atoms with Gasteiger partial charge < -0.3 is 0 Å². The van der Waals surface area contributed by atoms with Crippen LogP contribution in [0.3, 0.4) is 0 Å². The molecule has 0 aromatic heterocycles. The fraction of sp³-hybridized carbons (Fsp3) is 0.100. The third kappa shape index (κ3) is 5.44. The molecule has 6 heteroatoms. The second-order valence-corrected chi connectivity index (χ2v) is 7.31. The summed E-state index contributed by atoms with van der Waals surface area (Å²) in [5, 5.41) is 36.1. The number of nitriles is 4. The lowest BCUT2D eigenvalue weighted by molar-refractivity contribution is 1.39. The normalized spacial score (nSPS) is 9.23. The van der Waals surface area contributed by atoms with E-state index in [1.165, 1.54) is 23.5 Å². The molecule has 0 fully saturated rings. The average Bonchev–Trinajstić information content (AvgIpc) is 2.71. The molecule has 0 aliphatic heterocycles. The maximum atomic E-state index is 9.20. The highest BCUT2D eigenvalue weighted by Crippen LogP contribution is 2.36. The third-order valence-electron chi connectivity index (χ3n) is 3.33. The van der Waals surface area contributed by atoms with E-state index in [4.69, 9.17) is 10.5 Å². The summed E-state index contributed by atoms with van der Waals surface area (Å²) in [5.74, 6) is 1.21. The molecule has 2 aromatic rings. The zero-order chi connectivity index (χ0) is 18.8. The van der Waals surface area contributed by atoms with Crippen LogP contribution in [0.4, 0.5) is 0 Å². The van der Waals surface area contributed by atoms with E-state index in [2.05, 4.69) is 12.1 Å². The van der Waals surface area contributed by atoms with Gasteiger partial charge in [0, 0.05) is 11.5 Å². The van der Waals surface area contributed by atoms with Gasteiger partial charge in [-0.25, -0.2) is 0 Å². The largest absolute Gasteiger partial charge is 0.192 e. The monoisotopic (exact) mass is 372 g/mol. The van der Waals surface area contributed by atoms with E-state index in [0.717, 1.165) is 11.1 Å². The van der Waals surface area contributed by atoms with Crippen molar-refractivity contribution in [2.24, 2.45) is 0 Å². The molecule has 0 radical (unpaired) electrons. The number of nitrogens with zero attached hydrogens (tertiary/aromatic N) is 4. The van der Waals surface area contributed by atoms with Crippen molar-refractivity contribution in [1.29, 1.82) is 21.0 Å². The molecular formula is C20H12N4S2. The summed E-state index contributed by atoms with van der Waals surface area (Å²) >= 11 is 2.87. The van der Waals surface area contributed by atoms with E-state index in [0.29, 0.717) is 26.9 Å². The summed E-state index contributed by atoms with van der Waals surface area (Å²) < 4.78 is 0.670. The topological polar surface area (TPSA) is 95.2 Å². The van der Waals surface area contributed by atoms with Crippen LogP contribution >= 0.6 is 23.5 Å². The van der Waals surface area contributed by atoms with Gasteiger partial charge in [-0.15, -0.1) is 23.5 Å². The van der Waals surface area contributed by atoms with Gasteiger partial charge in [0.05, 0.1) is 27.5 Å². The van der Waals surface area contributed by atoms with E-state index < -0.39 is 0 Å². The molecular weight excluding hydrogens is 360 g/mol. The second kappa shape index (κ2) is 9.97. The van der Waals surface area contributed by atoms with Crippen molar-refractivity contribution in [2.45, 2.75) is 11.5 Å². The first-order chi connectivity index (χ1) is 12.7. The van der Waals surface area contributed by atoms with Gasteiger partial charge in [-0.3, -0.25) is 0 Å². The van der Waals surface area contributed by atoms with Crippen LogP contribution < -0.4 is 0 Å². The Bertz CT molecular complexity index is 884. The summed E-state index contributed by atoms with van der Waals surface area (Å²) in [6, 6.07) is 22.5. The van der Waals surface area contributed by atoms with Crippen LogP contribution in [-0.2, 0) is 11.5 Å². The minimum Gasteiger partial charge on any atom is -0.192 e. The van der Waals surface area contributed by atoms with E-state index in [1.54, 1.807) is 24.3 Å². The maximum Gasteiger partial charge on any atom is 0.149 e. The maximum absolute atomic E-state index is 9.20. The van der Waals surface area contributed by atoms with Gasteiger partial charge in [0.1, 0.15) is 17.7 Å². The molecule has 0 saturated carbocycles. The lowest BCUT2D eigenvalue weighted by atomic mass is 10.2. The molecule has 0 bridgehead atoms. The molecule has 2 aromatic carbocycles. The minimum absolute atomic E-state index is 0.0993. The van der Waals surface area contributed by atoms with Crippen LogP contribution in [-0.4, -0.2) is 0 Å². The third-order valence-corrected chi connectivity index (χ3v) is 5.93. The van der Waals surface area contributed by atoms with Crippen molar-refractivity contribution in [3.63, 3.8) is 0 Å². The molecule has 2 rings (SSSR count). The van der Waals surface area contributed by atoms with E-state index in [-0.39, 0.29) is 5.57 Å². The molecule has 0 aliphatic carbocycles. The Morgan fingerprint density at radius 3 is 1.35 bits per heavy atom. The quantitative estimate of drug-likeness (QED) is 0.672. The first-order valence-corrected chi connectivity index (χ1v) is 9.45. The highest BCUT2D eigenvalue weighted by atomic mass is 32.2. The van der Waals surface area contributed by atoms with E-state index in [9.17, 15) is 10.5 Å².